The summed E-state index contributed by atoms with van der Waals surface area (Å²) >= 11 is 0. The molecule has 31 heavy (non-hydrogen) atoms. The third-order valence-corrected chi connectivity index (χ3v) is 4.89. The molecular weight excluding hydrogens is 396 g/mol. The molecule has 0 spiro atoms. The van der Waals surface area contributed by atoms with Crippen LogP contribution in [0, 0.1) is 0 Å². The van der Waals surface area contributed by atoms with Crippen molar-refractivity contribution >= 4 is 16.9 Å². The van der Waals surface area contributed by atoms with E-state index in [0.29, 0.717) is 33.9 Å². The lowest BCUT2D eigenvalue weighted by molar-refractivity contribution is 0.397. The van der Waals surface area contributed by atoms with Crippen molar-refractivity contribution < 1.29 is 9.26 Å². The van der Waals surface area contributed by atoms with E-state index in [0.717, 1.165) is 11.1 Å². The number of nitrogens with zero attached hydrogens (tertiary/aromatic N) is 5. The van der Waals surface area contributed by atoms with Gasteiger partial charge in [-0.2, -0.15) is 4.98 Å². The molecule has 3 aromatic heterocycles. The van der Waals surface area contributed by atoms with Gasteiger partial charge in [-0.25, -0.2) is 14.5 Å². The summed E-state index contributed by atoms with van der Waals surface area (Å²) in [6, 6.07) is 16.4. The Bertz CT molecular complexity index is 1450. The molecule has 0 saturated heterocycles. The van der Waals surface area contributed by atoms with Crippen LogP contribution in [-0.4, -0.2) is 31.8 Å². The van der Waals surface area contributed by atoms with Gasteiger partial charge < -0.3 is 15.0 Å². The Labute approximate surface area is 175 Å². The third-order valence-electron chi connectivity index (χ3n) is 4.89. The van der Waals surface area contributed by atoms with Gasteiger partial charge in [-0.05, 0) is 35.9 Å². The highest BCUT2D eigenvalue weighted by Gasteiger charge is 2.15. The minimum Gasteiger partial charge on any atom is -0.480 e. The Hall–Kier alpha value is -4.53. The molecule has 0 unspecified atom stereocenters. The van der Waals surface area contributed by atoms with Gasteiger partial charge in [0.2, 0.25) is 24.0 Å². The van der Waals surface area contributed by atoms with Crippen molar-refractivity contribution in [2.24, 2.45) is 0 Å². The summed E-state index contributed by atoms with van der Waals surface area (Å²) < 4.78 is 11.6. The van der Waals surface area contributed by atoms with E-state index in [1.165, 1.54) is 18.1 Å². The summed E-state index contributed by atoms with van der Waals surface area (Å²) in [5.74, 6) is 0.849. The van der Waals surface area contributed by atoms with Crippen LogP contribution in [0.2, 0.25) is 0 Å². The van der Waals surface area contributed by atoms with Crippen molar-refractivity contribution in [2.45, 2.75) is 0 Å². The molecule has 5 rings (SSSR count). The summed E-state index contributed by atoms with van der Waals surface area (Å²) in [5, 5.41) is 4.30. The number of nitrogen functional groups attached to an aromatic ring is 1. The molecule has 0 aliphatic carbocycles. The maximum Gasteiger partial charge on any atom is 0.267 e. The number of nitrogens with two attached hydrogens (primary N) is 1. The maximum absolute atomic E-state index is 13.3. The van der Waals surface area contributed by atoms with Crippen LogP contribution in [0.15, 0.2) is 76.5 Å². The van der Waals surface area contributed by atoms with E-state index in [4.69, 9.17) is 15.0 Å². The summed E-state index contributed by atoms with van der Waals surface area (Å²) in [6.45, 7) is 0. The number of hydrogen-bond donors (Lipinski definition) is 1. The predicted molar refractivity (Wildman–Crippen MR) is 115 cm³/mol. The fourth-order valence-electron chi connectivity index (χ4n) is 3.43. The van der Waals surface area contributed by atoms with E-state index >= 15 is 0 Å². The van der Waals surface area contributed by atoms with Crippen LogP contribution in [-0.2, 0) is 0 Å². The second kappa shape index (κ2) is 7.38. The van der Waals surface area contributed by atoms with E-state index in [1.807, 2.05) is 30.3 Å². The van der Waals surface area contributed by atoms with E-state index in [2.05, 4.69) is 20.1 Å². The van der Waals surface area contributed by atoms with E-state index < -0.39 is 0 Å². The van der Waals surface area contributed by atoms with Crippen LogP contribution >= 0.6 is 0 Å². The summed E-state index contributed by atoms with van der Waals surface area (Å²) in [5.41, 5.74) is 9.09. The molecule has 5 aromatic rings. The number of fused-ring (bicyclic) bond motifs is 1. The number of rotatable bonds is 4. The van der Waals surface area contributed by atoms with Crippen molar-refractivity contribution in [1.29, 1.82) is 0 Å². The Morgan fingerprint density at radius 1 is 1.03 bits per heavy atom. The molecule has 9 nitrogen and oxygen atoms in total. The smallest absolute Gasteiger partial charge is 0.267 e. The van der Waals surface area contributed by atoms with Gasteiger partial charge in [-0.1, -0.05) is 29.4 Å². The van der Waals surface area contributed by atoms with E-state index in [9.17, 15) is 4.79 Å². The molecule has 9 heteroatoms. The standard InChI is InChI=1S/C22H16N6O3/c1-30-20-17(19-25-12-31-27-19)10-14(11-24-20)13-7-8-18-16(9-13)21(29)28(22(23)26-18)15-5-3-2-4-6-15/h2-12H,1H3,(H2,23,26). The fourth-order valence-corrected chi connectivity index (χ4v) is 3.43. The first-order valence-corrected chi connectivity index (χ1v) is 9.34. The minimum atomic E-state index is -0.254. The molecule has 0 atom stereocenters. The predicted octanol–water partition coefficient (Wildman–Crippen LogP) is 3.09. The monoisotopic (exact) mass is 412 g/mol. The lowest BCUT2D eigenvalue weighted by Gasteiger charge is -2.11. The summed E-state index contributed by atoms with van der Waals surface area (Å²) in [7, 11) is 1.52. The molecule has 152 valence electrons. The number of pyridine rings is 1. The Morgan fingerprint density at radius 2 is 1.87 bits per heavy atom. The van der Waals surface area contributed by atoms with Gasteiger partial charge in [0.05, 0.1) is 29.3 Å². The number of anilines is 1. The number of hydrogen-bond acceptors (Lipinski definition) is 8. The average Bonchev–Trinajstić information content (AvgIpc) is 3.34. The highest BCUT2D eigenvalue weighted by molar-refractivity contribution is 5.85. The molecular formula is C22H16N6O3. The van der Waals surface area contributed by atoms with Crippen molar-refractivity contribution in [3.8, 4) is 34.1 Å². The van der Waals surface area contributed by atoms with Crippen molar-refractivity contribution in [3.63, 3.8) is 0 Å². The molecule has 2 aromatic carbocycles. The first-order chi connectivity index (χ1) is 15.2. The number of aromatic nitrogens is 5. The normalized spacial score (nSPS) is 11.0. The average molecular weight is 412 g/mol. The molecule has 0 amide bonds. The van der Waals surface area contributed by atoms with Crippen LogP contribution in [0.5, 0.6) is 5.88 Å². The highest BCUT2D eigenvalue weighted by atomic mass is 16.5. The van der Waals surface area contributed by atoms with Gasteiger partial charge in [0.1, 0.15) is 0 Å². The molecule has 0 fully saturated rings. The second-order valence-corrected chi connectivity index (χ2v) is 6.71. The van der Waals surface area contributed by atoms with E-state index in [-0.39, 0.29) is 11.5 Å². The SMILES string of the molecule is COc1ncc(-c2ccc3nc(N)n(-c4ccccc4)c(=O)c3c2)cc1-c1ncon1. The minimum absolute atomic E-state index is 0.127. The van der Waals surface area contributed by atoms with Crippen molar-refractivity contribution in [1.82, 2.24) is 24.7 Å². The fraction of sp³-hybridized carbons (Fsp3) is 0.0455. The quantitative estimate of drug-likeness (QED) is 0.478. The molecule has 0 saturated carbocycles. The lowest BCUT2D eigenvalue weighted by atomic mass is 10.0. The molecule has 0 radical (unpaired) electrons. The molecule has 0 aliphatic rings. The zero-order valence-electron chi connectivity index (χ0n) is 16.4. The molecule has 2 N–H and O–H groups in total. The van der Waals surface area contributed by atoms with Crippen LogP contribution in [0.3, 0.4) is 0 Å². The van der Waals surface area contributed by atoms with Crippen LogP contribution < -0.4 is 16.0 Å². The largest absolute Gasteiger partial charge is 0.480 e. The first-order valence-electron chi connectivity index (χ1n) is 9.34. The Kier molecular flexibility index (Phi) is 4.40. The zero-order valence-corrected chi connectivity index (χ0v) is 16.4. The molecule has 0 aliphatic heterocycles. The van der Waals surface area contributed by atoms with Gasteiger partial charge in [0.15, 0.2) is 0 Å². The third kappa shape index (κ3) is 3.18. The highest BCUT2D eigenvalue weighted by Crippen LogP contribution is 2.31. The van der Waals surface area contributed by atoms with E-state index in [1.54, 1.807) is 30.5 Å². The number of para-hydroxylation sites is 1. The van der Waals surface area contributed by atoms with Crippen LogP contribution in [0.1, 0.15) is 0 Å². The van der Waals surface area contributed by atoms with Gasteiger partial charge in [-0.3, -0.25) is 4.79 Å². The Balaban J connectivity index is 1.69. The zero-order chi connectivity index (χ0) is 21.4. The molecule has 0 bridgehead atoms. The number of methoxy groups -OCH3 is 1. The van der Waals surface area contributed by atoms with Crippen molar-refractivity contribution in [2.75, 3.05) is 12.8 Å². The van der Waals surface area contributed by atoms with Crippen LogP contribution in [0.25, 0.3) is 39.1 Å². The van der Waals surface area contributed by atoms with Crippen molar-refractivity contribution in [3.05, 3.63) is 77.5 Å². The number of ether oxygens (including phenoxy) is 1. The molecule has 3 heterocycles. The topological polar surface area (TPSA) is 122 Å². The van der Waals surface area contributed by atoms with Gasteiger partial charge in [0, 0.05) is 11.8 Å². The van der Waals surface area contributed by atoms with Gasteiger partial charge in [-0.15, -0.1) is 0 Å². The Morgan fingerprint density at radius 3 is 2.61 bits per heavy atom. The van der Waals surface area contributed by atoms with Crippen LogP contribution in [0.4, 0.5) is 5.95 Å². The maximum atomic E-state index is 13.3. The van der Waals surface area contributed by atoms with Gasteiger partial charge in [0.25, 0.3) is 5.56 Å². The summed E-state index contributed by atoms with van der Waals surface area (Å²) in [6.07, 6.45) is 2.89. The summed E-state index contributed by atoms with van der Waals surface area (Å²) in [4.78, 5) is 26.1. The first kappa shape index (κ1) is 18.5. The second-order valence-electron chi connectivity index (χ2n) is 6.71. The lowest BCUT2D eigenvalue weighted by Crippen LogP contribution is -2.23. The number of benzene rings is 2. The van der Waals surface area contributed by atoms with Gasteiger partial charge >= 0.3 is 0 Å².